The fourth-order valence-electron chi connectivity index (χ4n) is 2.66. The Morgan fingerprint density at radius 1 is 1.24 bits per heavy atom. The third-order valence-electron chi connectivity index (χ3n) is 4.19. The van der Waals surface area contributed by atoms with E-state index in [0.717, 1.165) is 18.5 Å². The first kappa shape index (κ1) is 15.8. The zero-order valence-electron chi connectivity index (χ0n) is 13.5. The first-order chi connectivity index (χ1) is 9.79. The second kappa shape index (κ2) is 6.02. The van der Waals surface area contributed by atoms with Crippen molar-refractivity contribution in [2.75, 3.05) is 13.1 Å². The maximum Gasteiger partial charge on any atom is 0.244 e. The number of carbonyl (C=O) groups excluding carboxylic acids is 1. The molecular formula is C18H26N2O. The molecule has 0 saturated heterocycles. The van der Waals surface area contributed by atoms with E-state index in [1.54, 1.807) is 0 Å². The molecule has 0 aromatic heterocycles. The van der Waals surface area contributed by atoms with E-state index in [2.05, 4.69) is 26.8 Å². The molecule has 2 rings (SSSR count). The molecule has 2 N–H and O–H groups in total. The summed E-state index contributed by atoms with van der Waals surface area (Å²) in [5.74, 6) is 0.0167. The molecule has 0 fully saturated rings. The molecule has 1 aromatic rings. The minimum atomic E-state index is -0.560. The Morgan fingerprint density at radius 3 is 2.33 bits per heavy atom. The van der Waals surface area contributed by atoms with Crippen molar-refractivity contribution in [1.29, 1.82) is 0 Å². The predicted octanol–water partition coefficient (Wildman–Crippen LogP) is 3.20. The van der Waals surface area contributed by atoms with Gasteiger partial charge in [-0.25, -0.2) is 0 Å². The van der Waals surface area contributed by atoms with E-state index in [1.165, 1.54) is 11.1 Å². The van der Waals surface area contributed by atoms with Crippen molar-refractivity contribution in [3.8, 4) is 0 Å². The number of nitrogens with two attached hydrogens (primary N) is 1. The summed E-state index contributed by atoms with van der Waals surface area (Å²) in [6.07, 6.45) is 3.12. The van der Waals surface area contributed by atoms with Gasteiger partial charge < -0.3 is 10.6 Å². The number of carbonyl (C=O) groups is 1. The monoisotopic (exact) mass is 286 g/mol. The topological polar surface area (TPSA) is 46.3 Å². The molecule has 1 heterocycles. The third-order valence-corrected chi connectivity index (χ3v) is 4.19. The molecule has 0 spiro atoms. The first-order valence-corrected chi connectivity index (χ1v) is 7.59. The summed E-state index contributed by atoms with van der Waals surface area (Å²) in [4.78, 5) is 14.4. The minimum Gasteiger partial charge on any atom is -0.337 e. The minimum absolute atomic E-state index is 0.0167. The molecule has 1 amide bonds. The molecule has 1 aliphatic rings. The highest BCUT2D eigenvalue weighted by molar-refractivity contribution is 5.83. The van der Waals surface area contributed by atoms with Crippen molar-refractivity contribution >= 4 is 5.91 Å². The molecule has 21 heavy (non-hydrogen) atoms. The van der Waals surface area contributed by atoms with Crippen LogP contribution in [0.15, 0.2) is 35.9 Å². The van der Waals surface area contributed by atoms with Crippen molar-refractivity contribution in [1.82, 2.24) is 4.90 Å². The Kier molecular flexibility index (Phi) is 4.52. The van der Waals surface area contributed by atoms with E-state index >= 15 is 0 Å². The molecule has 1 aliphatic heterocycles. The van der Waals surface area contributed by atoms with Gasteiger partial charge in [0.25, 0.3) is 0 Å². The summed E-state index contributed by atoms with van der Waals surface area (Å²) in [5, 5.41) is 0. The predicted molar refractivity (Wildman–Crippen MR) is 86.8 cm³/mol. The van der Waals surface area contributed by atoms with E-state index in [9.17, 15) is 4.79 Å². The lowest BCUT2D eigenvalue weighted by molar-refractivity contribution is -0.132. The largest absolute Gasteiger partial charge is 0.337 e. The van der Waals surface area contributed by atoms with Gasteiger partial charge in [-0.15, -0.1) is 0 Å². The van der Waals surface area contributed by atoms with Crippen LogP contribution in [-0.4, -0.2) is 23.9 Å². The van der Waals surface area contributed by atoms with Gasteiger partial charge in [-0.1, -0.05) is 62.2 Å². The summed E-state index contributed by atoms with van der Waals surface area (Å²) in [7, 11) is 0. The summed E-state index contributed by atoms with van der Waals surface area (Å²) in [6.45, 7) is 10.1. The molecule has 0 saturated carbocycles. The maximum absolute atomic E-state index is 12.5. The molecule has 0 radical (unpaired) electrons. The van der Waals surface area contributed by atoms with Crippen LogP contribution in [0.25, 0.3) is 0 Å². The van der Waals surface area contributed by atoms with Crippen LogP contribution in [0.2, 0.25) is 0 Å². The standard InChI is InChI=1S/C18H26N2O/c1-13-5-7-14(8-6-13)16(19)17(21)20-11-9-15(10-12-20)18(2,3)4/h5-9,16H,10-12,19H2,1-4H3. The fraction of sp³-hybridized carbons (Fsp3) is 0.500. The van der Waals surface area contributed by atoms with E-state index in [4.69, 9.17) is 5.73 Å². The number of nitrogens with zero attached hydrogens (tertiary/aromatic N) is 1. The molecule has 3 heteroatoms. The van der Waals surface area contributed by atoms with Crippen LogP contribution >= 0.6 is 0 Å². The molecule has 1 atom stereocenters. The van der Waals surface area contributed by atoms with E-state index in [0.29, 0.717) is 6.54 Å². The molecule has 3 nitrogen and oxygen atoms in total. The summed E-state index contributed by atoms with van der Waals surface area (Å²) >= 11 is 0. The number of amides is 1. The van der Waals surface area contributed by atoms with Gasteiger partial charge in [0.1, 0.15) is 6.04 Å². The Morgan fingerprint density at radius 2 is 1.86 bits per heavy atom. The van der Waals surface area contributed by atoms with Gasteiger partial charge in [-0.05, 0) is 24.3 Å². The number of benzene rings is 1. The van der Waals surface area contributed by atoms with Crippen molar-refractivity contribution in [2.45, 2.75) is 40.2 Å². The van der Waals surface area contributed by atoms with Gasteiger partial charge in [0.2, 0.25) is 5.91 Å². The first-order valence-electron chi connectivity index (χ1n) is 7.59. The van der Waals surface area contributed by atoms with Crippen LogP contribution in [0.1, 0.15) is 44.4 Å². The molecule has 1 aromatic carbocycles. The van der Waals surface area contributed by atoms with E-state index in [-0.39, 0.29) is 11.3 Å². The Labute approximate surface area is 127 Å². The van der Waals surface area contributed by atoms with Crippen molar-refractivity contribution in [3.63, 3.8) is 0 Å². The van der Waals surface area contributed by atoms with Crippen LogP contribution < -0.4 is 5.73 Å². The summed E-state index contributed by atoms with van der Waals surface area (Å²) in [5.41, 5.74) is 9.80. The Hall–Kier alpha value is -1.61. The van der Waals surface area contributed by atoms with Crippen LogP contribution in [0.5, 0.6) is 0 Å². The molecule has 114 valence electrons. The normalized spacial score (nSPS) is 17.4. The van der Waals surface area contributed by atoms with Gasteiger partial charge in [0, 0.05) is 13.1 Å². The van der Waals surface area contributed by atoms with Crippen LogP contribution in [0.3, 0.4) is 0 Å². The van der Waals surface area contributed by atoms with Crippen molar-refractivity contribution in [2.24, 2.45) is 11.1 Å². The zero-order valence-corrected chi connectivity index (χ0v) is 13.5. The summed E-state index contributed by atoms with van der Waals surface area (Å²) in [6, 6.07) is 7.32. The van der Waals surface area contributed by atoms with Gasteiger partial charge >= 0.3 is 0 Å². The number of aryl methyl sites for hydroxylation is 1. The molecule has 1 unspecified atom stereocenters. The molecule has 0 bridgehead atoms. The van der Waals surface area contributed by atoms with Crippen molar-refractivity contribution < 1.29 is 4.79 Å². The maximum atomic E-state index is 12.5. The highest BCUT2D eigenvalue weighted by atomic mass is 16.2. The second-order valence-corrected chi connectivity index (χ2v) is 6.90. The average molecular weight is 286 g/mol. The average Bonchev–Trinajstić information content (AvgIpc) is 2.46. The highest BCUT2D eigenvalue weighted by Crippen LogP contribution is 2.30. The van der Waals surface area contributed by atoms with Crippen LogP contribution in [-0.2, 0) is 4.79 Å². The Bertz CT molecular complexity index is 537. The SMILES string of the molecule is Cc1ccc(C(N)C(=O)N2CC=C(C(C)(C)C)CC2)cc1. The highest BCUT2D eigenvalue weighted by Gasteiger charge is 2.26. The van der Waals surface area contributed by atoms with Gasteiger partial charge in [-0.3, -0.25) is 4.79 Å². The lowest BCUT2D eigenvalue weighted by Crippen LogP contribution is -2.41. The number of hydrogen-bond donors (Lipinski definition) is 1. The fourth-order valence-corrected chi connectivity index (χ4v) is 2.66. The second-order valence-electron chi connectivity index (χ2n) is 6.90. The third kappa shape index (κ3) is 3.73. The summed E-state index contributed by atoms with van der Waals surface area (Å²) < 4.78 is 0. The smallest absolute Gasteiger partial charge is 0.244 e. The lowest BCUT2D eigenvalue weighted by atomic mass is 9.83. The Balaban J connectivity index is 2.05. The number of rotatable bonds is 2. The quantitative estimate of drug-likeness (QED) is 0.849. The van der Waals surface area contributed by atoms with Gasteiger partial charge in [-0.2, -0.15) is 0 Å². The van der Waals surface area contributed by atoms with E-state index in [1.807, 2.05) is 36.1 Å². The van der Waals surface area contributed by atoms with Gasteiger partial charge in [0.05, 0.1) is 0 Å². The van der Waals surface area contributed by atoms with Crippen LogP contribution in [0, 0.1) is 12.3 Å². The number of hydrogen-bond acceptors (Lipinski definition) is 2. The van der Waals surface area contributed by atoms with Crippen molar-refractivity contribution in [3.05, 3.63) is 47.0 Å². The van der Waals surface area contributed by atoms with Gasteiger partial charge in [0.15, 0.2) is 0 Å². The van der Waals surface area contributed by atoms with Crippen LogP contribution in [0.4, 0.5) is 0 Å². The lowest BCUT2D eigenvalue weighted by Gasteiger charge is -2.33. The molecule has 0 aliphatic carbocycles. The zero-order chi connectivity index (χ0) is 15.6. The van der Waals surface area contributed by atoms with E-state index < -0.39 is 6.04 Å². The molecular weight excluding hydrogens is 260 g/mol.